The van der Waals surface area contributed by atoms with Crippen molar-refractivity contribution < 1.29 is 4.74 Å². The normalized spacial score (nSPS) is 10.8. The molecule has 0 saturated carbocycles. The van der Waals surface area contributed by atoms with Crippen LogP contribution in [0.25, 0.3) is 5.65 Å². The lowest BCUT2D eigenvalue weighted by Crippen LogP contribution is -2.19. The van der Waals surface area contributed by atoms with Gasteiger partial charge in [-0.1, -0.05) is 11.6 Å². The van der Waals surface area contributed by atoms with Crippen LogP contribution in [0.1, 0.15) is 5.56 Å². The van der Waals surface area contributed by atoms with Crippen molar-refractivity contribution in [1.29, 1.82) is 0 Å². The van der Waals surface area contributed by atoms with Crippen molar-refractivity contribution in [2.75, 3.05) is 19.1 Å². The highest BCUT2D eigenvalue weighted by Crippen LogP contribution is 2.25. The maximum atomic E-state index is 6.05. The molecule has 2 heterocycles. The molecule has 0 radical (unpaired) electrons. The van der Waals surface area contributed by atoms with E-state index >= 15 is 0 Å². The predicted molar refractivity (Wildman–Crippen MR) is 78.7 cm³/mol. The summed E-state index contributed by atoms with van der Waals surface area (Å²) in [5, 5.41) is 16.2. The number of rotatable bonds is 4. The van der Waals surface area contributed by atoms with Crippen molar-refractivity contribution in [2.45, 2.75) is 6.54 Å². The first-order valence-electron chi connectivity index (χ1n) is 6.26. The van der Waals surface area contributed by atoms with Crippen LogP contribution in [0.2, 0.25) is 5.02 Å². The third kappa shape index (κ3) is 2.73. The van der Waals surface area contributed by atoms with Gasteiger partial charge in [0.05, 0.1) is 7.11 Å². The summed E-state index contributed by atoms with van der Waals surface area (Å²) in [5.74, 6) is 1.53. The number of benzene rings is 1. The number of methoxy groups -OCH3 is 1. The van der Waals surface area contributed by atoms with Crippen LogP contribution in [0.3, 0.4) is 0 Å². The molecule has 3 aromatic rings. The van der Waals surface area contributed by atoms with Crippen LogP contribution in [0.4, 0.5) is 5.82 Å². The van der Waals surface area contributed by atoms with Gasteiger partial charge in [0, 0.05) is 24.2 Å². The van der Waals surface area contributed by atoms with Gasteiger partial charge in [-0.25, -0.2) is 0 Å². The topological polar surface area (TPSA) is 68.4 Å². The first-order valence-corrected chi connectivity index (χ1v) is 6.64. The van der Waals surface area contributed by atoms with Gasteiger partial charge in [0.1, 0.15) is 5.75 Å². The molecule has 0 unspecified atom stereocenters. The highest BCUT2D eigenvalue weighted by molar-refractivity contribution is 6.30. The fraction of sp³-hybridized carbons (Fsp3) is 0.231. The number of tetrazole rings is 1. The average molecular weight is 305 g/mol. The molecule has 2 aromatic heterocycles. The monoisotopic (exact) mass is 304 g/mol. The van der Waals surface area contributed by atoms with Crippen molar-refractivity contribution in [3.8, 4) is 5.75 Å². The van der Waals surface area contributed by atoms with Crippen LogP contribution in [0.15, 0.2) is 30.3 Å². The molecular weight excluding hydrogens is 292 g/mol. The summed E-state index contributed by atoms with van der Waals surface area (Å²) >= 11 is 6.05. The van der Waals surface area contributed by atoms with Gasteiger partial charge in [-0.3, -0.25) is 0 Å². The van der Waals surface area contributed by atoms with E-state index in [0.717, 1.165) is 17.1 Å². The molecule has 0 N–H and O–H groups in total. The fourth-order valence-corrected chi connectivity index (χ4v) is 2.25. The molecule has 0 aliphatic carbocycles. The van der Waals surface area contributed by atoms with Gasteiger partial charge < -0.3 is 9.64 Å². The number of halogens is 1. The summed E-state index contributed by atoms with van der Waals surface area (Å²) < 4.78 is 6.74. The van der Waals surface area contributed by atoms with Crippen molar-refractivity contribution in [1.82, 2.24) is 25.3 Å². The van der Waals surface area contributed by atoms with E-state index in [1.54, 1.807) is 13.2 Å². The quantitative estimate of drug-likeness (QED) is 0.732. The summed E-state index contributed by atoms with van der Waals surface area (Å²) in [6, 6.07) is 9.21. The Bertz CT molecular complexity index is 774. The third-order valence-corrected chi connectivity index (χ3v) is 3.33. The molecule has 7 nitrogen and oxygen atoms in total. The zero-order valence-corrected chi connectivity index (χ0v) is 12.3. The number of aromatic nitrogens is 5. The van der Waals surface area contributed by atoms with Gasteiger partial charge in [0.15, 0.2) is 11.5 Å². The zero-order chi connectivity index (χ0) is 14.8. The predicted octanol–water partition coefficient (Wildman–Crippen LogP) is 1.82. The summed E-state index contributed by atoms with van der Waals surface area (Å²) in [6.07, 6.45) is 0. The maximum Gasteiger partial charge on any atom is 0.200 e. The third-order valence-electron chi connectivity index (χ3n) is 3.10. The molecule has 8 heteroatoms. The van der Waals surface area contributed by atoms with E-state index in [-0.39, 0.29) is 0 Å². The van der Waals surface area contributed by atoms with E-state index in [2.05, 4.69) is 20.6 Å². The molecule has 0 aliphatic heterocycles. The van der Waals surface area contributed by atoms with E-state index < -0.39 is 0 Å². The minimum Gasteiger partial charge on any atom is -0.496 e. The Morgan fingerprint density at radius 1 is 1.29 bits per heavy atom. The zero-order valence-electron chi connectivity index (χ0n) is 11.6. The summed E-state index contributed by atoms with van der Waals surface area (Å²) in [5.41, 5.74) is 1.58. The molecule has 0 amide bonds. The lowest BCUT2D eigenvalue weighted by molar-refractivity contribution is 0.409. The second-order valence-electron chi connectivity index (χ2n) is 4.53. The molecular formula is C13H13ClN6O. The van der Waals surface area contributed by atoms with Gasteiger partial charge in [0.25, 0.3) is 0 Å². The summed E-state index contributed by atoms with van der Waals surface area (Å²) in [7, 11) is 3.57. The maximum absolute atomic E-state index is 6.05. The van der Waals surface area contributed by atoms with Gasteiger partial charge in [0.2, 0.25) is 0 Å². The first kappa shape index (κ1) is 13.6. The Morgan fingerprint density at radius 2 is 2.14 bits per heavy atom. The van der Waals surface area contributed by atoms with Crippen LogP contribution in [0.5, 0.6) is 5.75 Å². The van der Waals surface area contributed by atoms with Crippen LogP contribution >= 0.6 is 11.6 Å². The summed E-state index contributed by atoms with van der Waals surface area (Å²) in [4.78, 5) is 1.97. The average Bonchev–Trinajstić information content (AvgIpc) is 2.94. The van der Waals surface area contributed by atoms with Gasteiger partial charge >= 0.3 is 0 Å². The number of nitrogens with zero attached hydrogens (tertiary/aromatic N) is 6. The first-order chi connectivity index (χ1) is 10.2. The Kier molecular flexibility index (Phi) is 3.57. The smallest absolute Gasteiger partial charge is 0.200 e. The second kappa shape index (κ2) is 5.53. The standard InChI is InChI=1S/C13H13ClN6O/c1-19(8-9-7-10(14)3-4-11(9)21-2)13-6-5-12-15-17-18-20(12)16-13/h3-7H,8H2,1-2H3. The van der Waals surface area contributed by atoms with E-state index in [9.17, 15) is 0 Å². The van der Waals surface area contributed by atoms with Crippen molar-refractivity contribution in [3.63, 3.8) is 0 Å². The highest BCUT2D eigenvalue weighted by Gasteiger charge is 2.10. The number of ether oxygens (including phenoxy) is 1. The van der Waals surface area contributed by atoms with Gasteiger partial charge in [-0.2, -0.15) is 0 Å². The molecule has 0 spiro atoms. The van der Waals surface area contributed by atoms with E-state index in [1.807, 2.05) is 36.2 Å². The Labute approximate surface area is 126 Å². The van der Waals surface area contributed by atoms with Crippen LogP contribution in [0, 0.1) is 0 Å². The summed E-state index contributed by atoms with van der Waals surface area (Å²) in [6.45, 7) is 0.602. The molecule has 0 atom stereocenters. The SMILES string of the molecule is COc1ccc(Cl)cc1CN(C)c1ccc2nnnn2n1. The van der Waals surface area contributed by atoms with Crippen molar-refractivity contribution in [2.24, 2.45) is 0 Å². The highest BCUT2D eigenvalue weighted by atomic mass is 35.5. The molecule has 108 valence electrons. The van der Waals surface area contributed by atoms with Crippen LogP contribution in [-0.2, 0) is 6.54 Å². The Morgan fingerprint density at radius 3 is 2.95 bits per heavy atom. The molecule has 0 aliphatic rings. The molecule has 21 heavy (non-hydrogen) atoms. The van der Waals surface area contributed by atoms with Crippen molar-refractivity contribution in [3.05, 3.63) is 40.9 Å². The number of fused-ring (bicyclic) bond motifs is 1. The molecule has 0 fully saturated rings. The Balaban J connectivity index is 1.88. The molecule has 0 bridgehead atoms. The van der Waals surface area contributed by atoms with E-state index in [0.29, 0.717) is 17.2 Å². The van der Waals surface area contributed by atoms with Gasteiger partial charge in [-0.05, 0) is 40.8 Å². The Hall–Kier alpha value is -2.41. The largest absolute Gasteiger partial charge is 0.496 e. The molecule has 0 saturated heterocycles. The van der Waals surface area contributed by atoms with Crippen LogP contribution in [-0.4, -0.2) is 39.4 Å². The lowest BCUT2D eigenvalue weighted by atomic mass is 10.2. The number of hydrogen-bond donors (Lipinski definition) is 0. The van der Waals surface area contributed by atoms with E-state index in [4.69, 9.17) is 16.3 Å². The molecule has 1 aromatic carbocycles. The minimum absolute atomic E-state index is 0.602. The van der Waals surface area contributed by atoms with Gasteiger partial charge in [-0.15, -0.1) is 14.8 Å². The van der Waals surface area contributed by atoms with Crippen LogP contribution < -0.4 is 9.64 Å². The lowest BCUT2D eigenvalue weighted by Gasteiger charge is -2.19. The van der Waals surface area contributed by atoms with E-state index in [1.165, 1.54) is 4.63 Å². The molecule has 3 rings (SSSR count). The number of anilines is 1. The number of hydrogen-bond acceptors (Lipinski definition) is 6. The second-order valence-corrected chi connectivity index (χ2v) is 4.97. The fourth-order valence-electron chi connectivity index (χ4n) is 2.05. The minimum atomic E-state index is 0.602. The van der Waals surface area contributed by atoms with Crippen molar-refractivity contribution >= 4 is 23.1 Å².